The van der Waals surface area contributed by atoms with Gasteiger partial charge in [0.25, 0.3) is 0 Å². The Morgan fingerprint density at radius 1 is 1.35 bits per heavy atom. The molecular formula is C14H20BrIN2OSi. The van der Waals surface area contributed by atoms with Gasteiger partial charge in [-0.05, 0) is 53.3 Å². The normalized spacial score (nSPS) is 12.3. The molecule has 0 saturated heterocycles. The van der Waals surface area contributed by atoms with Crippen molar-refractivity contribution in [1.82, 2.24) is 9.78 Å². The van der Waals surface area contributed by atoms with Crippen LogP contribution in [0.15, 0.2) is 16.6 Å². The van der Waals surface area contributed by atoms with E-state index < -0.39 is 8.07 Å². The Kier molecular flexibility index (Phi) is 5.31. The van der Waals surface area contributed by atoms with Gasteiger partial charge in [0, 0.05) is 24.5 Å². The molecule has 0 aliphatic carbocycles. The fraction of sp³-hybridized carbons (Fsp3) is 0.500. The Balaban J connectivity index is 2.15. The van der Waals surface area contributed by atoms with Crippen molar-refractivity contribution < 1.29 is 4.74 Å². The number of hydrogen-bond acceptors (Lipinski definition) is 2. The zero-order valence-electron chi connectivity index (χ0n) is 12.3. The Hall–Kier alpha value is 0.0769. The molecule has 0 aliphatic rings. The second kappa shape index (κ2) is 6.45. The van der Waals surface area contributed by atoms with Crippen molar-refractivity contribution >= 4 is 57.5 Å². The summed E-state index contributed by atoms with van der Waals surface area (Å²) in [6.07, 6.45) is 0. The fourth-order valence-corrected chi connectivity index (χ4v) is 4.07. The quantitative estimate of drug-likeness (QED) is 0.351. The zero-order valence-corrected chi connectivity index (χ0v) is 17.1. The summed E-state index contributed by atoms with van der Waals surface area (Å²) < 4.78 is 9.92. The molecule has 1 aromatic heterocycles. The first-order valence-corrected chi connectivity index (χ1v) is 12.3. The number of hydrogen-bond donors (Lipinski definition) is 0. The summed E-state index contributed by atoms with van der Waals surface area (Å²) >= 11 is 5.83. The van der Waals surface area contributed by atoms with Crippen LogP contribution in [0, 0.1) is 10.6 Å². The number of halogens is 2. The number of benzene rings is 1. The van der Waals surface area contributed by atoms with Gasteiger partial charge in [-0.25, -0.2) is 4.68 Å². The molecule has 0 radical (unpaired) electrons. The third kappa shape index (κ3) is 4.05. The number of aromatic nitrogens is 2. The predicted octanol–water partition coefficient (Wildman–Crippen LogP) is 5.02. The molecule has 1 heterocycles. The Morgan fingerprint density at radius 3 is 2.70 bits per heavy atom. The van der Waals surface area contributed by atoms with Crippen molar-refractivity contribution in [2.75, 3.05) is 6.61 Å². The monoisotopic (exact) mass is 466 g/mol. The Labute approximate surface area is 143 Å². The molecule has 1 aromatic carbocycles. The minimum atomic E-state index is -1.02. The smallest absolute Gasteiger partial charge is 0.140 e. The minimum Gasteiger partial charge on any atom is -0.360 e. The van der Waals surface area contributed by atoms with E-state index in [1.54, 1.807) is 0 Å². The molecule has 0 aliphatic heterocycles. The second-order valence-electron chi connectivity index (χ2n) is 6.26. The Morgan fingerprint density at radius 2 is 2.05 bits per heavy atom. The summed E-state index contributed by atoms with van der Waals surface area (Å²) in [7, 11) is -1.02. The van der Waals surface area contributed by atoms with E-state index in [1.807, 2.05) is 4.68 Å². The van der Waals surface area contributed by atoms with Crippen LogP contribution >= 0.6 is 38.5 Å². The zero-order chi connectivity index (χ0) is 14.9. The lowest BCUT2D eigenvalue weighted by Gasteiger charge is -2.15. The standard InChI is InChI=1S/C14H20BrIN2OSi/c1-10-7-11(15)8-12-13(10)18(17-14(12)16)9-19-5-6-20(2,3)4/h7-8H,5-6,9H2,1-4H3. The molecule has 0 unspecified atom stereocenters. The van der Waals surface area contributed by atoms with Gasteiger partial charge >= 0.3 is 0 Å². The van der Waals surface area contributed by atoms with Gasteiger partial charge in [-0.15, -0.1) is 0 Å². The largest absolute Gasteiger partial charge is 0.360 e. The van der Waals surface area contributed by atoms with Crippen LogP contribution in [0.5, 0.6) is 0 Å². The summed E-state index contributed by atoms with van der Waals surface area (Å²) in [5.74, 6) is 0. The molecule has 0 fully saturated rings. The molecule has 0 amide bonds. The molecule has 3 nitrogen and oxygen atoms in total. The highest BCUT2D eigenvalue weighted by molar-refractivity contribution is 14.1. The van der Waals surface area contributed by atoms with Crippen molar-refractivity contribution in [1.29, 1.82) is 0 Å². The van der Waals surface area contributed by atoms with E-state index in [0.717, 1.165) is 14.8 Å². The van der Waals surface area contributed by atoms with Crippen LogP contribution in [0.1, 0.15) is 5.56 Å². The molecule has 0 atom stereocenters. The molecule has 6 heteroatoms. The van der Waals surface area contributed by atoms with Gasteiger partial charge in [-0.2, -0.15) is 5.10 Å². The van der Waals surface area contributed by atoms with Gasteiger partial charge in [0.05, 0.1) is 5.52 Å². The van der Waals surface area contributed by atoms with Crippen molar-refractivity contribution in [3.63, 3.8) is 0 Å². The fourth-order valence-electron chi connectivity index (χ4n) is 2.07. The van der Waals surface area contributed by atoms with E-state index in [2.05, 4.69) is 82.3 Å². The van der Waals surface area contributed by atoms with Crippen molar-refractivity contribution in [3.05, 3.63) is 25.9 Å². The van der Waals surface area contributed by atoms with Gasteiger partial charge in [0.2, 0.25) is 0 Å². The average Bonchev–Trinajstić information content (AvgIpc) is 2.61. The van der Waals surface area contributed by atoms with Gasteiger partial charge in [0.15, 0.2) is 0 Å². The third-order valence-corrected chi connectivity index (χ3v) is 6.12. The predicted molar refractivity (Wildman–Crippen MR) is 99.0 cm³/mol. The van der Waals surface area contributed by atoms with Crippen molar-refractivity contribution in [2.45, 2.75) is 39.3 Å². The molecule has 110 valence electrons. The maximum Gasteiger partial charge on any atom is 0.140 e. The molecule has 0 saturated carbocycles. The highest BCUT2D eigenvalue weighted by Gasteiger charge is 2.14. The first-order chi connectivity index (χ1) is 9.28. The van der Waals surface area contributed by atoms with Gasteiger partial charge in [-0.3, -0.25) is 0 Å². The van der Waals surface area contributed by atoms with Gasteiger partial charge < -0.3 is 4.74 Å². The van der Waals surface area contributed by atoms with Crippen LogP contribution in [0.25, 0.3) is 10.9 Å². The molecule has 0 N–H and O–H groups in total. The minimum absolute atomic E-state index is 0.534. The molecular weight excluding hydrogens is 447 g/mol. The Bertz CT molecular complexity index is 622. The summed E-state index contributed by atoms with van der Waals surface area (Å²) in [6, 6.07) is 5.43. The van der Waals surface area contributed by atoms with E-state index >= 15 is 0 Å². The van der Waals surface area contributed by atoms with Crippen LogP contribution in [-0.4, -0.2) is 24.5 Å². The van der Waals surface area contributed by atoms with Crippen LogP contribution < -0.4 is 0 Å². The summed E-state index contributed by atoms with van der Waals surface area (Å²) in [4.78, 5) is 0. The van der Waals surface area contributed by atoms with E-state index in [9.17, 15) is 0 Å². The first kappa shape index (κ1) is 16.4. The van der Waals surface area contributed by atoms with E-state index in [1.165, 1.54) is 22.5 Å². The van der Waals surface area contributed by atoms with Crippen LogP contribution in [0.3, 0.4) is 0 Å². The van der Waals surface area contributed by atoms with E-state index in [-0.39, 0.29) is 0 Å². The average molecular weight is 467 g/mol. The third-order valence-electron chi connectivity index (χ3n) is 3.16. The molecule has 0 bridgehead atoms. The maximum atomic E-state index is 5.82. The first-order valence-electron chi connectivity index (χ1n) is 6.68. The number of nitrogens with zero attached hydrogens (tertiary/aromatic N) is 2. The summed E-state index contributed by atoms with van der Waals surface area (Å²) in [5, 5.41) is 5.78. The second-order valence-corrected chi connectivity index (χ2v) is 13.8. The lowest BCUT2D eigenvalue weighted by Crippen LogP contribution is -2.22. The molecule has 2 rings (SSSR count). The highest BCUT2D eigenvalue weighted by Crippen LogP contribution is 2.27. The van der Waals surface area contributed by atoms with Gasteiger partial charge in [-0.1, -0.05) is 35.6 Å². The summed E-state index contributed by atoms with van der Waals surface area (Å²) in [5.41, 5.74) is 2.39. The maximum absolute atomic E-state index is 5.82. The number of fused-ring (bicyclic) bond motifs is 1. The summed E-state index contributed by atoms with van der Waals surface area (Å²) in [6.45, 7) is 10.6. The van der Waals surface area contributed by atoms with Crippen molar-refractivity contribution in [2.24, 2.45) is 0 Å². The lowest BCUT2D eigenvalue weighted by molar-refractivity contribution is 0.0814. The van der Waals surface area contributed by atoms with E-state index in [4.69, 9.17) is 4.74 Å². The topological polar surface area (TPSA) is 27.1 Å². The number of rotatable bonds is 5. The number of aryl methyl sites for hydroxylation is 1. The van der Waals surface area contributed by atoms with Crippen LogP contribution in [0.4, 0.5) is 0 Å². The van der Waals surface area contributed by atoms with Crippen LogP contribution in [0.2, 0.25) is 25.7 Å². The van der Waals surface area contributed by atoms with Crippen molar-refractivity contribution in [3.8, 4) is 0 Å². The molecule has 0 spiro atoms. The number of ether oxygens (including phenoxy) is 1. The van der Waals surface area contributed by atoms with Gasteiger partial charge in [0.1, 0.15) is 10.4 Å². The lowest BCUT2D eigenvalue weighted by atomic mass is 10.2. The molecule has 20 heavy (non-hydrogen) atoms. The van der Waals surface area contributed by atoms with Crippen LogP contribution in [-0.2, 0) is 11.5 Å². The highest BCUT2D eigenvalue weighted by atomic mass is 127. The van der Waals surface area contributed by atoms with E-state index in [0.29, 0.717) is 6.73 Å². The molecule has 2 aromatic rings. The SMILES string of the molecule is Cc1cc(Br)cc2c(I)nn(COCC[Si](C)(C)C)c12.